The van der Waals surface area contributed by atoms with Crippen LogP contribution < -0.4 is 10.5 Å². The maximum atomic E-state index is 13.9. The molecule has 0 atom stereocenters. The molecule has 0 saturated carbocycles. The summed E-state index contributed by atoms with van der Waals surface area (Å²) in [6, 6.07) is 16.1. The van der Waals surface area contributed by atoms with E-state index in [4.69, 9.17) is 5.73 Å². The SMILES string of the molecule is Cc1ccc(S(=O)(=O)Nc2ccccc2F)cc1C(=O)N(C)Cc1cccc(C(N)=O)c1. The average Bonchev–Trinajstić information content (AvgIpc) is 2.75. The quantitative estimate of drug-likeness (QED) is 0.570. The van der Waals surface area contributed by atoms with Gasteiger partial charge in [0.25, 0.3) is 15.9 Å². The van der Waals surface area contributed by atoms with Crippen molar-refractivity contribution >= 4 is 27.5 Å². The fourth-order valence-electron chi connectivity index (χ4n) is 3.12. The number of rotatable bonds is 7. The summed E-state index contributed by atoms with van der Waals surface area (Å²) >= 11 is 0. The van der Waals surface area contributed by atoms with Gasteiger partial charge in [-0.3, -0.25) is 14.3 Å². The number of aryl methyl sites for hydroxylation is 1. The minimum atomic E-state index is -4.12. The minimum Gasteiger partial charge on any atom is -0.366 e. The molecule has 0 heterocycles. The van der Waals surface area contributed by atoms with Gasteiger partial charge in [0.05, 0.1) is 10.6 Å². The van der Waals surface area contributed by atoms with E-state index < -0.39 is 27.7 Å². The number of para-hydroxylation sites is 1. The molecule has 0 radical (unpaired) electrons. The maximum absolute atomic E-state index is 13.9. The Morgan fingerprint density at radius 1 is 1.03 bits per heavy atom. The predicted octanol–water partition coefficient (Wildman–Crippen LogP) is 3.31. The van der Waals surface area contributed by atoms with Crippen molar-refractivity contribution in [2.24, 2.45) is 5.73 Å². The van der Waals surface area contributed by atoms with Crippen molar-refractivity contribution < 1.29 is 22.4 Å². The third-order valence-electron chi connectivity index (χ3n) is 4.85. The van der Waals surface area contributed by atoms with Crippen LogP contribution in [0.1, 0.15) is 31.8 Å². The van der Waals surface area contributed by atoms with Crippen LogP contribution in [0.3, 0.4) is 0 Å². The Hall–Kier alpha value is -3.72. The van der Waals surface area contributed by atoms with Crippen LogP contribution in [0.5, 0.6) is 0 Å². The fraction of sp³-hybridized carbons (Fsp3) is 0.130. The van der Waals surface area contributed by atoms with Crippen molar-refractivity contribution in [3.05, 3.63) is 94.8 Å². The van der Waals surface area contributed by atoms with Crippen LogP contribution >= 0.6 is 0 Å². The minimum absolute atomic E-state index is 0.168. The Morgan fingerprint density at radius 3 is 2.44 bits per heavy atom. The molecule has 0 aliphatic rings. The van der Waals surface area contributed by atoms with E-state index in [0.717, 1.165) is 6.07 Å². The monoisotopic (exact) mass is 455 g/mol. The lowest BCUT2D eigenvalue weighted by atomic mass is 10.1. The van der Waals surface area contributed by atoms with Gasteiger partial charge in [-0.15, -0.1) is 0 Å². The van der Waals surface area contributed by atoms with E-state index in [0.29, 0.717) is 16.7 Å². The first-order chi connectivity index (χ1) is 15.1. The van der Waals surface area contributed by atoms with Crippen molar-refractivity contribution in [3.63, 3.8) is 0 Å². The van der Waals surface area contributed by atoms with Gasteiger partial charge in [-0.25, -0.2) is 12.8 Å². The largest absolute Gasteiger partial charge is 0.366 e. The summed E-state index contributed by atoms with van der Waals surface area (Å²) in [5.74, 6) is -1.69. The summed E-state index contributed by atoms with van der Waals surface area (Å²) in [6.07, 6.45) is 0. The summed E-state index contributed by atoms with van der Waals surface area (Å²) in [5.41, 5.74) is 6.90. The molecule has 7 nitrogen and oxygen atoms in total. The average molecular weight is 456 g/mol. The fourth-order valence-corrected chi connectivity index (χ4v) is 4.21. The molecule has 3 aromatic rings. The number of halogens is 1. The number of nitrogens with one attached hydrogen (secondary N) is 1. The summed E-state index contributed by atoms with van der Waals surface area (Å²) in [4.78, 5) is 25.7. The molecule has 0 saturated heterocycles. The zero-order valence-electron chi connectivity index (χ0n) is 17.5. The molecule has 0 aliphatic carbocycles. The van der Waals surface area contributed by atoms with E-state index in [9.17, 15) is 22.4 Å². The van der Waals surface area contributed by atoms with Crippen LogP contribution in [0.4, 0.5) is 10.1 Å². The second kappa shape index (κ2) is 9.19. The van der Waals surface area contributed by atoms with E-state index >= 15 is 0 Å². The number of nitrogens with zero attached hydrogens (tertiary/aromatic N) is 1. The van der Waals surface area contributed by atoms with E-state index in [1.807, 2.05) is 0 Å². The van der Waals surface area contributed by atoms with Crippen LogP contribution in [-0.4, -0.2) is 32.2 Å². The highest BCUT2D eigenvalue weighted by Crippen LogP contribution is 2.22. The standard InChI is InChI=1S/C23H22FN3O4S/c1-15-10-11-18(32(30,31)26-21-9-4-3-8-20(21)24)13-19(15)23(29)27(2)14-16-6-5-7-17(12-16)22(25)28/h3-13,26H,14H2,1-2H3,(H2,25,28). The molecule has 166 valence electrons. The zero-order chi connectivity index (χ0) is 23.5. The molecular formula is C23H22FN3O4S. The number of anilines is 1. The number of carbonyl (C=O) groups is 2. The number of benzene rings is 3. The molecule has 0 spiro atoms. The molecule has 32 heavy (non-hydrogen) atoms. The summed E-state index contributed by atoms with van der Waals surface area (Å²) in [6.45, 7) is 1.87. The number of sulfonamides is 1. The zero-order valence-corrected chi connectivity index (χ0v) is 18.3. The highest BCUT2D eigenvalue weighted by Gasteiger charge is 2.21. The summed E-state index contributed by atoms with van der Waals surface area (Å²) in [7, 11) is -2.55. The first-order valence-corrected chi connectivity index (χ1v) is 11.1. The highest BCUT2D eigenvalue weighted by molar-refractivity contribution is 7.92. The lowest BCUT2D eigenvalue weighted by Crippen LogP contribution is -2.27. The second-order valence-electron chi connectivity index (χ2n) is 7.29. The predicted molar refractivity (Wildman–Crippen MR) is 119 cm³/mol. The summed E-state index contributed by atoms with van der Waals surface area (Å²) in [5, 5.41) is 0. The van der Waals surface area contributed by atoms with E-state index in [1.54, 1.807) is 38.2 Å². The molecule has 9 heteroatoms. The number of carbonyl (C=O) groups excluding carboxylic acids is 2. The number of nitrogens with two attached hydrogens (primary N) is 1. The van der Waals surface area contributed by atoms with Gasteiger partial charge in [0.1, 0.15) is 5.82 Å². The molecular weight excluding hydrogens is 433 g/mol. The molecule has 0 aliphatic heterocycles. The smallest absolute Gasteiger partial charge is 0.262 e. The van der Waals surface area contributed by atoms with Crippen molar-refractivity contribution in [2.45, 2.75) is 18.4 Å². The van der Waals surface area contributed by atoms with Crippen LogP contribution in [0.25, 0.3) is 0 Å². The van der Waals surface area contributed by atoms with Gasteiger partial charge >= 0.3 is 0 Å². The van der Waals surface area contributed by atoms with Gasteiger partial charge in [0.2, 0.25) is 5.91 Å². The normalized spacial score (nSPS) is 11.1. The van der Waals surface area contributed by atoms with Gasteiger partial charge in [-0.05, 0) is 54.4 Å². The molecule has 3 rings (SSSR count). The van der Waals surface area contributed by atoms with Crippen molar-refractivity contribution in [1.29, 1.82) is 0 Å². The number of hydrogen-bond acceptors (Lipinski definition) is 4. The molecule has 0 unspecified atom stereocenters. The van der Waals surface area contributed by atoms with Gasteiger partial charge in [-0.2, -0.15) is 0 Å². The Balaban J connectivity index is 1.86. The van der Waals surface area contributed by atoms with Crippen LogP contribution in [0.15, 0.2) is 71.6 Å². The molecule has 2 amide bonds. The van der Waals surface area contributed by atoms with Crippen LogP contribution in [-0.2, 0) is 16.6 Å². The Labute approximate surface area is 185 Å². The van der Waals surface area contributed by atoms with Crippen molar-refractivity contribution in [2.75, 3.05) is 11.8 Å². The van der Waals surface area contributed by atoms with E-state index in [1.165, 1.54) is 41.3 Å². The topological polar surface area (TPSA) is 110 Å². The van der Waals surface area contributed by atoms with Crippen molar-refractivity contribution in [1.82, 2.24) is 4.90 Å². The molecule has 3 aromatic carbocycles. The third kappa shape index (κ3) is 5.12. The lowest BCUT2D eigenvalue weighted by molar-refractivity contribution is 0.0784. The molecule has 0 aromatic heterocycles. The Morgan fingerprint density at radius 2 is 1.75 bits per heavy atom. The van der Waals surface area contributed by atoms with E-state index in [-0.39, 0.29) is 22.7 Å². The second-order valence-corrected chi connectivity index (χ2v) is 8.97. The van der Waals surface area contributed by atoms with E-state index in [2.05, 4.69) is 4.72 Å². The summed E-state index contributed by atoms with van der Waals surface area (Å²) < 4.78 is 41.6. The number of hydrogen-bond donors (Lipinski definition) is 2. The van der Waals surface area contributed by atoms with Crippen LogP contribution in [0, 0.1) is 12.7 Å². The first kappa shape index (κ1) is 23.0. The van der Waals surface area contributed by atoms with Crippen LogP contribution in [0.2, 0.25) is 0 Å². The molecule has 0 bridgehead atoms. The van der Waals surface area contributed by atoms with Gasteiger partial charge < -0.3 is 10.6 Å². The lowest BCUT2D eigenvalue weighted by Gasteiger charge is -2.19. The van der Waals surface area contributed by atoms with Crippen molar-refractivity contribution in [3.8, 4) is 0 Å². The highest BCUT2D eigenvalue weighted by atomic mass is 32.2. The molecule has 3 N–H and O–H groups in total. The third-order valence-corrected chi connectivity index (χ3v) is 6.21. The number of amides is 2. The molecule has 0 fully saturated rings. The Kier molecular flexibility index (Phi) is 6.59. The van der Waals surface area contributed by atoms with Gasteiger partial charge in [0, 0.05) is 24.7 Å². The number of primary amides is 1. The maximum Gasteiger partial charge on any atom is 0.262 e. The first-order valence-electron chi connectivity index (χ1n) is 9.60. The Bertz CT molecular complexity index is 1290. The van der Waals surface area contributed by atoms with Gasteiger partial charge in [-0.1, -0.05) is 30.3 Å². The van der Waals surface area contributed by atoms with Gasteiger partial charge in [0.15, 0.2) is 0 Å².